The molecule has 8 heteroatoms. The molecule has 0 aromatic heterocycles. The van der Waals surface area contributed by atoms with Crippen molar-refractivity contribution in [1.82, 2.24) is 5.43 Å². The Balaban J connectivity index is 1.58. The number of non-ortho nitro benzene ring substituents is 1. The van der Waals surface area contributed by atoms with Crippen LogP contribution in [0.2, 0.25) is 0 Å². The van der Waals surface area contributed by atoms with Gasteiger partial charge in [-0.15, -0.1) is 0 Å². The number of benzene rings is 3. The molecule has 29 heavy (non-hydrogen) atoms. The molecule has 2 amide bonds. The van der Waals surface area contributed by atoms with Gasteiger partial charge in [-0.2, -0.15) is 5.10 Å². The summed E-state index contributed by atoms with van der Waals surface area (Å²) in [5.41, 5.74) is 4.21. The van der Waals surface area contributed by atoms with Crippen molar-refractivity contribution >= 4 is 29.4 Å². The molecular weight excluding hydrogens is 372 g/mol. The summed E-state index contributed by atoms with van der Waals surface area (Å²) in [6, 6.07) is 21.0. The fourth-order valence-electron chi connectivity index (χ4n) is 2.45. The Morgan fingerprint density at radius 2 is 1.55 bits per heavy atom. The van der Waals surface area contributed by atoms with E-state index in [0.29, 0.717) is 22.4 Å². The minimum Gasteiger partial charge on any atom is -0.322 e. The van der Waals surface area contributed by atoms with Crippen LogP contribution in [-0.2, 0) is 0 Å². The Morgan fingerprint density at radius 3 is 2.24 bits per heavy atom. The van der Waals surface area contributed by atoms with E-state index in [1.165, 1.54) is 24.4 Å². The van der Waals surface area contributed by atoms with Crippen molar-refractivity contribution in [2.75, 3.05) is 5.32 Å². The van der Waals surface area contributed by atoms with E-state index in [2.05, 4.69) is 15.8 Å². The molecule has 0 heterocycles. The van der Waals surface area contributed by atoms with Crippen molar-refractivity contribution in [3.63, 3.8) is 0 Å². The molecule has 3 rings (SSSR count). The third-order valence-electron chi connectivity index (χ3n) is 3.90. The average molecular weight is 388 g/mol. The van der Waals surface area contributed by atoms with Crippen molar-refractivity contribution in [3.05, 3.63) is 106 Å². The summed E-state index contributed by atoms with van der Waals surface area (Å²) >= 11 is 0. The maximum atomic E-state index is 12.1. The monoisotopic (exact) mass is 388 g/mol. The molecule has 0 saturated carbocycles. The number of carbonyl (C=O) groups excluding carboxylic acids is 2. The summed E-state index contributed by atoms with van der Waals surface area (Å²) in [4.78, 5) is 34.5. The van der Waals surface area contributed by atoms with Crippen molar-refractivity contribution in [2.45, 2.75) is 0 Å². The van der Waals surface area contributed by atoms with E-state index in [4.69, 9.17) is 0 Å². The summed E-state index contributed by atoms with van der Waals surface area (Å²) in [7, 11) is 0. The van der Waals surface area contributed by atoms with Crippen LogP contribution in [0, 0.1) is 10.1 Å². The third kappa shape index (κ3) is 5.33. The fraction of sp³-hybridized carbons (Fsp3) is 0. The molecule has 144 valence electrons. The number of amides is 2. The zero-order valence-electron chi connectivity index (χ0n) is 15.1. The van der Waals surface area contributed by atoms with Crippen LogP contribution >= 0.6 is 0 Å². The Morgan fingerprint density at radius 1 is 0.862 bits per heavy atom. The lowest BCUT2D eigenvalue weighted by Gasteiger charge is -2.06. The molecule has 0 aliphatic heterocycles. The maximum Gasteiger partial charge on any atom is 0.271 e. The third-order valence-corrected chi connectivity index (χ3v) is 3.90. The lowest BCUT2D eigenvalue weighted by atomic mass is 10.1. The second-order valence-corrected chi connectivity index (χ2v) is 5.95. The minimum atomic E-state index is -0.506. The molecule has 3 aromatic carbocycles. The van der Waals surface area contributed by atoms with Gasteiger partial charge in [0.25, 0.3) is 17.5 Å². The first kappa shape index (κ1) is 19.4. The Labute approximate surface area is 166 Å². The zero-order chi connectivity index (χ0) is 20.6. The number of hydrogen-bond donors (Lipinski definition) is 2. The number of hydrazone groups is 1. The SMILES string of the molecule is O=C(NN=Cc1cccc([N+](=O)[O-])c1)c1ccc(NC(=O)c2ccccc2)cc1. The number of nitro groups is 1. The van der Waals surface area contributed by atoms with Crippen LogP contribution in [0.15, 0.2) is 84.0 Å². The zero-order valence-corrected chi connectivity index (χ0v) is 15.1. The highest BCUT2D eigenvalue weighted by molar-refractivity contribution is 6.04. The summed E-state index contributed by atoms with van der Waals surface area (Å²) in [5, 5.41) is 17.3. The first-order valence-corrected chi connectivity index (χ1v) is 8.57. The van der Waals surface area contributed by atoms with E-state index < -0.39 is 10.8 Å². The highest BCUT2D eigenvalue weighted by Gasteiger charge is 2.08. The standard InChI is InChI=1S/C21H16N4O4/c26-20(16-6-2-1-3-7-16)23-18-11-9-17(10-12-18)21(27)24-22-14-15-5-4-8-19(13-15)25(28)29/h1-14H,(H,23,26)(H,24,27). The van der Waals surface area contributed by atoms with Gasteiger partial charge >= 0.3 is 0 Å². The molecule has 0 radical (unpaired) electrons. The van der Waals surface area contributed by atoms with Gasteiger partial charge in [-0.05, 0) is 36.4 Å². The van der Waals surface area contributed by atoms with E-state index in [0.717, 1.165) is 0 Å². The molecule has 0 atom stereocenters. The summed E-state index contributed by atoms with van der Waals surface area (Å²) in [6.07, 6.45) is 1.32. The van der Waals surface area contributed by atoms with Gasteiger partial charge in [-0.25, -0.2) is 5.43 Å². The highest BCUT2D eigenvalue weighted by Crippen LogP contribution is 2.13. The normalized spacial score (nSPS) is 10.5. The van der Waals surface area contributed by atoms with E-state index in [-0.39, 0.29) is 11.6 Å². The number of nitrogens with one attached hydrogen (secondary N) is 2. The molecule has 3 aromatic rings. The van der Waals surface area contributed by atoms with Gasteiger partial charge in [-0.1, -0.05) is 30.3 Å². The van der Waals surface area contributed by atoms with Crippen LogP contribution in [0.25, 0.3) is 0 Å². The number of anilines is 1. The van der Waals surface area contributed by atoms with Gasteiger partial charge in [0.05, 0.1) is 11.1 Å². The van der Waals surface area contributed by atoms with E-state index >= 15 is 0 Å². The molecule has 8 nitrogen and oxygen atoms in total. The molecule has 2 N–H and O–H groups in total. The van der Waals surface area contributed by atoms with E-state index in [1.54, 1.807) is 54.6 Å². The highest BCUT2D eigenvalue weighted by atomic mass is 16.6. The fourth-order valence-corrected chi connectivity index (χ4v) is 2.45. The predicted octanol–water partition coefficient (Wildman–Crippen LogP) is 3.61. The second-order valence-electron chi connectivity index (χ2n) is 5.95. The minimum absolute atomic E-state index is 0.0617. The van der Waals surface area contributed by atoms with Crippen LogP contribution in [0.3, 0.4) is 0 Å². The van der Waals surface area contributed by atoms with Gasteiger partial charge in [0.1, 0.15) is 0 Å². The van der Waals surface area contributed by atoms with Crippen molar-refractivity contribution in [2.24, 2.45) is 5.10 Å². The van der Waals surface area contributed by atoms with E-state index in [9.17, 15) is 19.7 Å². The summed E-state index contributed by atoms with van der Waals surface area (Å²) in [6.45, 7) is 0. The van der Waals surface area contributed by atoms with Crippen molar-refractivity contribution < 1.29 is 14.5 Å². The Bertz CT molecular complexity index is 1060. The number of carbonyl (C=O) groups is 2. The Kier molecular flexibility index (Phi) is 6.06. The smallest absolute Gasteiger partial charge is 0.271 e. The average Bonchev–Trinajstić information content (AvgIpc) is 2.75. The number of hydrogen-bond acceptors (Lipinski definition) is 5. The van der Waals surface area contributed by atoms with Gasteiger partial charge in [-0.3, -0.25) is 19.7 Å². The molecule has 0 unspecified atom stereocenters. The quantitative estimate of drug-likeness (QED) is 0.381. The second kappa shape index (κ2) is 9.05. The Hall–Kier alpha value is -4.33. The molecule has 0 fully saturated rings. The molecule has 0 spiro atoms. The van der Waals surface area contributed by atoms with Gasteiger partial charge < -0.3 is 5.32 Å². The molecule has 0 aliphatic carbocycles. The number of nitro benzene ring substituents is 1. The van der Waals surface area contributed by atoms with Crippen molar-refractivity contribution in [1.29, 1.82) is 0 Å². The maximum absolute atomic E-state index is 12.1. The van der Waals surface area contributed by atoms with Gasteiger partial charge in [0.2, 0.25) is 0 Å². The van der Waals surface area contributed by atoms with Crippen LogP contribution in [0.1, 0.15) is 26.3 Å². The van der Waals surface area contributed by atoms with Gasteiger partial charge in [0.15, 0.2) is 0 Å². The topological polar surface area (TPSA) is 114 Å². The van der Waals surface area contributed by atoms with E-state index in [1.807, 2.05) is 6.07 Å². The predicted molar refractivity (Wildman–Crippen MR) is 109 cm³/mol. The number of nitrogens with zero attached hydrogens (tertiary/aromatic N) is 2. The molecular formula is C21H16N4O4. The lowest BCUT2D eigenvalue weighted by Crippen LogP contribution is -2.17. The number of rotatable bonds is 6. The first-order valence-electron chi connectivity index (χ1n) is 8.57. The summed E-state index contributed by atoms with van der Waals surface area (Å²) < 4.78 is 0. The van der Waals surface area contributed by atoms with Gasteiger partial charge in [0, 0.05) is 34.5 Å². The lowest BCUT2D eigenvalue weighted by molar-refractivity contribution is -0.384. The molecule has 0 saturated heterocycles. The first-order chi connectivity index (χ1) is 14.0. The summed E-state index contributed by atoms with van der Waals surface area (Å²) in [5.74, 6) is -0.697. The van der Waals surface area contributed by atoms with Crippen LogP contribution < -0.4 is 10.7 Å². The molecule has 0 bridgehead atoms. The van der Waals surface area contributed by atoms with Crippen molar-refractivity contribution in [3.8, 4) is 0 Å². The van der Waals surface area contributed by atoms with Crippen LogP contribution in [0.4, 0.5) is 11.4 Å². The largest absolute Gasteiger partial charge is 0.322 e. The van der Waals surface area contributed by atoms with Crippen LogP contribution in [-0.4, -0.2) is 23.0 Å². The molecule has 0 aliphatic rings. The van der Waals surface area contributed by atoms with Crippen LogP contribution in [0.5, 0.6) is 0 Å².